The Bertz CT molecular complexity index is 961. The second-order valence-electron chi connectivity index (χ2n) is 5.45. The second kappa shape index (κ2) is 6.98. The molecular weight excluding hydrogens is 338 g/mol. The van der Waals surface area contributed by atoms with E-state index in [1.807, 2.05) is 0 Å². The Kier molecular flexibility index (Phi) is 4.57. The first kappa shape index (κ1) is 17.0. The SMILES string of the molecule is CC(=O)Nc1ccc(/C=C2\N=C(c3cccc([N+](=O)[O-])c3)OC2=O)cc1. The van der Waals surface area contributed by atoms with Gasteiger partial charge in [0, 0.05) is 30.3 Å². The Morgan fingerprint density at radius 3 is 2.62 bits per heavy atom. The zero-order chi connectivity index (χ0) is 18.7. The summed E-state index contributed by atoms with van der Waals surface area (Å²) in [7, 11) is 0. The van der Waals surface area contributed by atoms with Crippen molar-refractivity contribution in [3.05, 3.63) is 75.5 Å². The molecule has 0 aliphatic carbocycles. The molecule has 0 radical (unpaired) electrons. The van der Waals surface area contributed by atoms with Crippen molar-refractivity contribution in [2.24, 2.45) is 4.99 Å². The molecule has 0 spiro atoms. The lowest BCUT2D eigenvalue weighted by molar-refractivity contribution is -0.384. The molecule has 0 aromatic heterocycles. The quantitative estimate of drug-likeness (QED) is 0.394. The van der Waals surface area contributed by atoms with Crippen LogP contribution >= 0.6 is 0 Å². The summed E-state index contributed by atoms with van der Waals surface area (Å²) in [5.41, 5.74) is 1.63. The number of anilines is 1. The number of ether oxygens (including phenoxy) is 1. The summed E-state index contributed by atoms with van der Waals surface area (Å²) in [6, 6.07) is 12.5. The summed E-state index contributed by atoms with van der Waals surface area (Å²) in [5.74, 6) is -0.807. The van der Waals surface area contributed by atoms with Crippen LogP contribution in [0.1, 0.15) is 18.1 Å². The lowest BCUT2D eigenvalue weighted by Crippen LogP contribution is -2.06. The van der Waals surface area contributed by atoms with Crippen LogP contribution in [0.25, 0.3) is 6.08 Å². The predicted octanol–water partition coefficient (Wildman–Crippen LogP) is 2.90. The van der Waals surface area contributed by atoms with Crippen molar-refractivity contribution in [2.45, 2.75) is 6.92 Å². The van der Waals surface area contributed by atoms with Crippen LogP contribution in [0.2, 0.25) is 0 Å². The summed E-state index contributed by atoms with van der Waals surface area (Å²) < 4.78 is 5.11. The van der Waals surface area contributed by atoms with Gasteiger partial charge in [0.25, 0.3) is 5.69 Å². The van der Waals surface area contributed by atoms with Gasteiger partial charge in [-0.3, -0.25) is 14.9 Å². The zero-order valence-corrected chi connectivity index (χ0v) is 13.6. The van der Waals surface area contributed by atoms with Crippen LogP contribution in [-0.4, -0.2) is 22.7 Å². The highest BCUT2D eigenvalue weighted by atomic mass is 16.6. The van der Waals surface area contributed by atoms with Crippen molar-refractivity contribution in [1.29, 1.82) is 0 Å². The normalized spacial score (nSPS) is 14.7. The highest BCUT2D eigenvalue weighted by Crippen LogP contribution is 2.22. The van der Waals surface area contributed by atoms with Gasteiger partial charge < -0.3 is 10.1 Å². The number of non-ortho nitro benzene ring substituents is 1. The van der Waals surface area contributed by atoms with Crippen LogP contribution in [0.3, 0.4) is 0 Å². The maximum atomic E-state index is 12.0. The third kappa shape index (κ3) is 3.81. The number of hydrogen-bond acceptors (Lipinski definition) is 6. The van der Waals surface area contributed by atoms with E-state index in [-0.39, 0.29) is 23.2 Å². The number of amides is 1. The van der Waals surface area contributed by atoms with Gasteiger partial charge in [-0.2, -0.15) is 0 Å². The monoisotopic (exact) mass is 351 g/mol. The summed E-state index contributed by atoms with van der Waals surface area (Å²) in [5, 5.41) is 13.5. The highest BCUT2D eigenvalue weighted by Gasteiger charge is 2.25. The standard InChI is InChI=1S/C18H13N3O5/c1-11(22)19-14-7-5-12(6-8-14)9-16-18(23)26-17(20-16)13-3-2-4-15(10-13)21(24)25/h2-10H,1H3,(H,19,22)/b16-9-. The van der Waals surface area contributed by atoms with Gasteiger partial charge in [-0.25, -0.2) is 9.79 Å². The summed E-state index contributed by atoms with van der Waals surface area (Å²) >= 11 is 0. The van der Waals surface area contributed by atoms with Crippen LogP contribution in [0, 0.1) is 10.1 Å². The number of nitrogens with zero attached hydrogens (tertiary/aromatic N) is 2. The number of rotatable bonds is 4. The Morgan fingerprint density at radius 1 is 1.23 bits per heavy atom. The molecule has 1 aliphatic rings. The Hall–Kier alpha value is -3.81. The average molecular weight is 351 g/mol. The fourth-order valence-corrected chi connectivity index (χ4v) is 2.31. The maximum Gasteiger partial charge on any atom is 0.363 e. The third-order valence-electron chi connectivity index (χ3n) is 3.46. The molecule has 26 heavy (non-hydrogen) atoms. The number of nitrogens with one attached hydrogen (secondary N) is 1. The Balaban J connectivity index is 1.85. The molecule has 1 aliphatic heterocycles. The molecule has 0 bridgehead atoms. The molecule has 0 unspecified atom stereocenters. The highest BCUT2D eigenvalue weighted by molar-refractivity contribution is 6.13. The molecule has 8 heteroatoms. The molecule has 1 heterocycles. The van der Waals surface area contributed by atoms with Gasteiger partial charge in [-0.05, 0) is 29.8 Å². The fraction of sp³-hybridized carbons (Fsp3) is 0.0556. The van der Waals surface area contributed by atoms with Crippen molar-refractivity contribution < 1.29 is 19.2 Å². The molecule has 0 atom stereocenters. The van der Waals surface area contributed by atoms with E-state index in [0.29, 0.717) is 16.8 Å². The Morgan fingerprint density at radius 2 is 1.96 bits per heavy atom. The number of aliphatic imine (C=N–C) groups is 1. The van der Waals surface area contributed by atoms with Crippen molar-refractivity contribution >= 4 is 35.2 Å². The molecule has 1 amide bonds. The van der Waals surface area contributed by atoms with E-state index in [1.165, 1.54) is 31.2 Å². The first-order valence-electron chi connectivity index (χ1n) is 7.57. The molecule has 3 rings (SSSR count). The van der Waals surface area contributed by atoms with E-state index in [2.05, 4.69) is 10.3 Å². The third-order valence-corrected chi connectivity index (χ3v) is 3.46. The molecule has 2 aromatic carbocycles. The van der Waals surface area contributed by atoms with Gasteiger partial charge in [-0.15, -0.1) is 0 Å². The Labute approximate surface area is 148 Å². The average Bonchev–Trinajstić information content (AvgIpc) is 2.97. The first-order chi connectivity index (χ1) is 12.4. The van der Waals surface area contributed by atoms with Crippen molar-refractivity contribution in [3.63, 3.8) is 0 Å². The number of esters is 1. The summed E-state index contributed by atoms with van der Waals surface area (Å²) in [6.45, 7) is 1.41. The molecule has 0 saturated heterocycles. The van der Waals surface area contributed by atoms with Crippen LogP contribution in [-0.2, 0) is 14.3 Å². The number of carbonyl (C=O) groups excluding carboxylic acids is 2. The zero-order valence-electron chi connectivity index (χ0n) is 13.6. The van der Waals surface area contributed by atoms with E-state index < -0.39 is 10.9 Å². The number of hydrogen-bond donors (Lipinski definition) is 1. The molecule has 130 valence electrons. The largest absolute Gasteiger partial charge is 0.402 e. The van der Waals surface area contributed by atoms with Crippen LogP contribution in [0.15, 0.2) is 59.2 Å². The lowest BCUT2D eigenvalue weighted by atomic mass is 10.1. The first-order valence-corrected chi connectivity index (χ1v) is 7.57. The van der Waals surface area contributed by atoms with Gasteiger partial charge in [0.05, 0.1) is 4.92 Å². The van der Waals surface area contributed by atoms with Gasteiger partial charge in [0.15, 0.2) is 5.70 Å². The lowest BCUT2D eigenvalue weighted by Gasteiger charge is -2.01. The molecule has 1 N–H and O–H groups in total. The van der Waals surface area contributed by atoms with E-state index in [1.54, 1.807) is 30.3 Å². The second-order valence-corrected chi connectivity index (χ2v) is 5.45. The molecule has 8 nitrogen and oxygen atoms in total. The van der Waals surface area contributed by atoms with Crippen LogP contribution in [0.5, 0.6) is 0 Å². The number of cyclic esters (lactones) is 1. The van der Waals surface area contributed by atoms with Gasteiger partial charge in [-0.1, -0.05) is 18.2 Å². The molecule has 2 aromatic rings. The fourth-order valence-electron chi connectivity index (χ4n) is 2.31. The van der Waals surface area contributed by atoms with Crippen molar-refractivity contribution in [1.82, 2.24) is 0 Å². The van der Waals surface area contributed by atoms with Crippen LogP contribution < -0.4 is 5.32 Å². The minimum atomic E-state index is -0.641. The number of benzene rings is 2. The minimum Gasteiger partial charge on any atom is -0.402 e. The molecule has 0 fully saturated rings. The van der Waals surface area contributed by atoms with Gasteiger partial charge in [0.1, 0.15) is 0 Å². The number of nitro groups is 1. The maximum absolute atomic E-state index is 12.0. The van der Waals surface area contributed by atoms with E-state index in [0.717, 1.165) is 0 Å². The predicted molar refractivity (Wildman–Crippen MR) is 94.4 cm³/mol. The van der Waals surface area contributed by atoms with E-state index in [9.17, 15) is 19.7 Å². The topological polar surface area (TPSA) is 111 Å². The summed E-state index contributed by atoms with van der Waals surface area (Å²) in [4.78, 5) is 37.4. The van der Waals surface area contributed by atoms with Gasteiger partial charge >= 0.3 is 5.97 Å². The minimum absolute atomic E-state index is 0.0137. The van der Waals surface area contributed by atoms with Crippen molar-refractivity contribution in [3.8, 4) is 0 Å². The van der Waals surface area contributed by atoms with Gasteiger partial charge in [0.2, 0.25) is 11.8 Å². The molecular formula is C18H13N3O5. The van der Waals surface area contributed by atoms with Crippen LogP contribution in [0.4, 0.5) is 11.4 Å². The summed E-state index contributed by atoms with van der Waals surface area (Å²) in [6.07, 6.45) is 1.53. The van der Waals surface area contributed by atoms with E-state index >= 15 is 0 Å². The number of carbonyl (C=O) groups is 2. The number of nitro benzene ring substituents is 1. The van der Waals surface area contributed by atoms with Crippen molar-refractivity contribution in [2.75, 3.05) is 5.32 Å². The molecule has 0 saturated carbocycles. The van der Waals surface area contributed by atoms with E-state index in [4.69, 9.17) is 4.74 Å². The smallest absolute Gasteiger partial charge is 0.363 e.